The van der Waals surface area contributed by atoms with Crippen LogP contribution in [0, 0.1) is 0 Å². The average Bonchev–Trinajstić information content (AvgIpc) is 3.22. The molecule has 2 rings (SSSR count). The van der Waals surface area contributed by atoms with Gasteiger partial charge in [0.2, 0.25) is 15.9 Å². The highest BCUT2D eigenvalue weighted by Crippen LogP contribution is 2.19. The second kappa shape index (κ2) is 5.95. The second-order valence-corrected chi connectivity index (χ2v) is 7.23. The van der Waals surface area contributed by atoms with E-state index in [1.165, 1.54) is 32.2 Å². The molecule has 1 N–H and O–H groups in total. The van der Waals surface area contributed by atoms with Crippen molar-refractivity contribution in [1.29, 1.82) is 0 Å². The van der Waals surface area contributed by atoms with Crippen LogP contribution in [0.25, 0.3) is 0 Å². The Hall–Kier alpha value is -1.73. The molecule has 0 aliphatic heterocycles. The highest BCUT2D eigenvalue weighted by molar-refractivity contribution is 7.89. The molecule has 1 amide bonds. The van der Waals surface area contributed by atoms with Gasteiger partial charge in [-0.25, -0.2) is 8.42 Å². The molecular formula is C14H18N2O4S. The number of likely N-dealkylation sites (N-methyl/N-ethyl adjacent to an activating group) is 1. The zero-order valence-electron chi connectivity index (χ0n) is 12.0. The molecule has 0 bridgehead atoms. The molecule has 0 spiro atoms. The van der Waals surface area contributed by atoms with E-state index in [0.29, 0.717) is 5.56 Å². The summed E-state index contributed by atoms with van der Waals surface area (Å²) in [6.07, 6.45) is 1.89. The molecule has 7 heteroatoms. The van der Waals surface area contributed by atoms with Gasteiger partial charge in [0.25, 0.3) is 0 Å². The molecule has 0 radical (unpaired) electrons. The zero-order chi connectivity index (χ0) is 15.6. The van der Waals surface area contributed by atoms with Crippen LogP contribution in [-0.2, 0) is 14.8 Å². The maximum atomic E-state index is 12.4. The number of benzene rings is 1. The molecule has 0 saturated heterocycles. The van der Waals surface area contributed by atoms with Crippen LogP contribution in [0.2, 0.25) is 0 Å². The van der Waals surface area contributed by atoms with Gasteiger partial charge in [0, 0.05) is 18.7 Å². The molecule has 6 nitrogen and oxygen atoms in total. The van der Waals surface area contributed by atoms with Gasteiger partial charge in [-0.3, -0.25) is 9.59 Å². The van der Waals surface area contributed by atoms with E-state index >= 15 is 0 Å². The summed E-state index contributed by atoms with van der Waals surface area (Å²) >= 11 is 0. The van der Waals surface area contributed by atoms with Crippen LogP contribution in [-0.4, -0.2) is 44.0 Å². The second-order valence-electron chi connectivity index (χ2n) is 5.19. The van der Waals surface area contributed by atoms with E-state index in [4.69, 9.17) is 0 Å². The minimum atomic E-state index is -3.79. The molecule has 114 valence electrons. The lowest BCUT2D eigenvalue weighted by atomic mass is 10.2. The van der Waals surface area contributed by atoms with E-state index < -0.39 is 10.0 Å². The van der Waals surface area contributed by atoms with Gasteiger partial charge < -0.3 is 5.32 Å². The van der Waals surface area contributed by atoms with Crippen molar-refractivity contribution in [2.45, 2.75) is 30.7 Å². The smallest absolute Gasteiger partial charge is 0.243 e. The van der Waals surface area contributed by atoms with Gasteiger partial charge in [0.1, 0.15) is 0 Å². The Morgan fingerprint density at radius 3 is 2.57 bits per heavy atom. The van der Waals surface area contributed by atoms with Crippen LogP contribution in [0.3, 0.4) is 0 Å². The molecule has 1 aromatic carbocycles. The van der Waals surface area contributed by atoms with Gasteiger partial charge in [-0.05, 0) is 31.9 Å². The number of amides is 1. The van der Waals surface area contributed by atoms with E-state index in [1.54, 1.807) is 6.07 Å². The third kappa shape index (κ3) is 3.89. The lowest BCUT2D eigenvalue weighted by Crippen LogP contribution is -2.39. The van der Waals surface area contributed by atoms with E-state index in [0.717, 1.165) is 17.1 Å². The van der Waals surface area contributed by atoms with Crippen LogP contribution in [0.4, 0.5) is 0 Å². The number of hydrogen-bond donors (Lipinski definition) is 1. The Labute approximate surface area is 124 Å². The summed E-state index contributed by atoms with van der Waals surface area (Å²) in [6.45, 7) is 1.14. The molecule has 0 aromatic heterocycles. The van der Waals surface area contributed by atoms with Crippen LogP contribution in [0.15, 0.2) is 29.2 Å². The lowest BCUT2D eigenvalue weighted by Gasteiger charge is -2.17. The topological polar surface area (TPSA) is 83.6 Å². The van der Waals surface area contributed by atoms with Crippen molar-refractivity contribution in [1.82, 2.24) is 9.62 Å². The molecule has 1 aliphatic rings. The number of ketones is 1. The summed E-state index contributed by atoms with van der Waals surface area (Å²) in [5.74, 6) is -0.521. The first kappa shape index (κ1) is 15.7. The first-order chi connectivity index (χ1) is 9.80. The number of carbonyl (C=O) groups excluding carboxylic acids is 2. The largest absolute Gasteiger partial charge is 0.352 e. The Morgan fingerprint density at radius 1 is 1.33 bits per heavy atom. The van der Waals surface area contributed by atoms with Crippen molar-refractivity contribution in [3.63, 3.8) is 0 Å². The summed E-state index contributed by atoms with van der Waals surface area (Å²) < 4.78 is 25.7. The van der Waals surface area contributed by atoms with Crippen molar-refractivity contribution in [3.05, 3.63) is 29.8 Å². The molecule has 1 saturated carbocycles. The minimum Gasteiger partial charge on any atom is -0.352 e. The predicted octanol–water partition coefficient (Wildman–Crippen LogP) is 0.788. The number of sulfonamides is 1. The summed E-state index contributed by atoms with van der Waals surface area (Å²) in [4.78, 5) is 23.0. The zero-order valence-corrected chi connectivity index (χ0v) is 12.8. The molecule has 1 aliphatic carbocycles. The van der Waals surface area contributed by atoms with Gasteiger partial charge in [0.05, 0.1) is 11.4 Å². The highest BCUT2D eigenvalue weighted by Gasteiger charge is 2.27. The fourth-order valence-electron chi connectivity index (χ4n) is 1.84. The van der Waals surface area contributed by atoms with Crippen molar-refractivity contribution in [2.75, 3.05) is 13.6 Å². The van der Waals surface area contributed by atoms with E-state index in [-0.39, 0.29) is 29.2 Å². The first-order valence-electron chi connectivity index (χ1n) is 6.67. The number of nitrogens with one attached hydrogen (secondary N) is 1. The van der Waals surface area contributed by atoms with Crippen LogP contribution < -0.4 is 5.32 Å². The average molecular weight is 310 g/mol. The first-order valence-corrected chi connectivity index (χ1v) is 8.11. The van der Waals surface area contributed by atoms with Crippen LogP contribution >= 0.6 is 0 Å². The molecule has 0 atom stereocenters. The molecule has 21 heavy (non-hydrogen) atoms. The summed E-state index contributed by atoms with van der Waals surface area (Å²) in [5.41, 5.74) is 0.326. The Morgan fingerprint density at radius 2 is 2.00 bits per heavy atom. The van der Waals surface area contributed by atoms with Crippen molar-refractivity contribution < 1.29 is 18.0 Å². The van der Waals surface area contributed by atoms with Crippen molar-refractivity contribution in [2.24, 2.45) is 0 Å². The third-order valence-electron chi connectivity index (χ3n) is 3.26. The number of nitrogens with zero attached hydrogens (tertiary/aromatic N) is 1. The van der Waals surface area contributed by atoms with Crippen LogP contribution in [0.5, 0.6) is 0 Å². The quantitative estimate of drug-likeness (QED) is 0.787. The summed E-state index contributed by atoms with van der Waals surface area (Å²) in [5, 5.41) is 2.74. The number of Topliss-reactive ketones (excluding diaryl/α,β-unsaturated/α-hetero) is 1. The van der Waals surface area contributed by atoms with Crippen LogP contribution in [0.1, 0.15) is 30.1 Å². The fraction of sp³-hybridized carbons (Fsp3) is 0.429. The van der Waals surface area contributed by atoms with Crippen molar-refractivity contribution in [3.8, 4) is 0 Å². The van der Waals surface area contributed by atoms with E-state index in [9.17, 15) is 18.0 Å². The molecule has 0 heterocycles. The number of carbonyl (C=O) groups is 2. The maximum absolute atomic E-state index is 12.4. The van der Waals surface area contributed by atoms with Gasteiger partial charge >= 0.3 is 0 Å². The molecule has 1 fully saturated rings. The molecular weight excluding hydrogens is 292 g/mol. The Bertz CT molecular complexity index is 665. The third-order valence-corrected chi connectivity index (χ3v) is 5.06. The van der Waals surface area contributed by atoms with Gasteiger partial charge in [0.15, 0.2) is 5.78 Å². The summed E-state index contributed by atoms with van der Waals surface area (Å²) in [7, 11) is -2.44. The summed E-state index contributed by atoms with van der Waals surface area (Å²) in [6, 6.07) is 6.00. The van der Waals surface area contributed by atoms with Crippen molar-refractivity contribution >= 4 is 21.7 Å². The highest BCUT2D eigenvalue weighted by atomic mass is 32.2. The Balaban J connectivity index is 2.13. The SMILES string of the molecule is CC(=O)c1cccc(S(=O)(=O)N(C)CC(=O)NC2CC2)c1. The minimum absolute atomic E-state index is 0.0110. The standard InChI is InChI=1S/C14H18N2O4S/c1-10(17)11-4-3-5-13(8-11)21(19,20)16(2)9-14(18)15-12-6-7-12/h3-5,8,12H,6-7,9H2,1-2H3,(H,15,18). The molecule has 1 aromatic rings. The van der Waals surface area contributed by atoms with E-state index in [1.807, 2.05) is 0 Å². The fourth-order valence-corrected chi connectivity index (χ4v) is 3.02. The lowest BCUT2D eigenvalue weighted by molar-refractivity contribution is -0.121. The number of hydrogen-bond acceptors (Lipinski definition) is 4. The normalized spacial score (nSPS) is 15.0. The predicted molar refractivity (Wildman–Crippen MR) is 77.4 cm³/mol. The molecule has 0 unspecified atom stereocenters. The van der Waals surface area contributed by atoms with E-state index in [2.05, 4.69) is 5.32 Å². The Kier molecular flexibility index (Phi) is 4.43. The van der Waals surface area contributed by atoms with Gasteiger partial charge in [-0.1, -0.05) is 12.1 Å². The number of rotatable bonds is 6. The maximum Gasteiger partial charge on any atom is 0.243 e. The van der Waals surface area contributed by atoms with Gasteiger partial charge in [-0.2, -0.15) is 4.31 Å². The van der Waals surface area contributed by atoms with Gasteiger partial charge in [-0.15, -0.1) is 0 Å². The monoisotopic (exact) mass is 310 g/mol.